The summed E-state index contributed by atoms with van der Waals surface area (Å²) in [6.07, 6.45) is 1.88. The third kappa shape index (κ3) is 4.28. The SMILES string of the molecule is Cc1nc(CNC(C)CCCO)sc1C. The van der Waals surface area contributed by atoms with E-state index in [0.717, 1.165) is 30.1 Å². The van der Waals surface area contributed by atoms with Crippen LogP contribution in [0.3, 0.4) is 0 Å². The highest BCUT2D eigenvalue weighted by Crippen LogP contribution is 2.16. The molecule has 1 aromatic rings. The Hall–Kier alpha value is -0.450. The molecule has 1 rings (SSSR count). The Bertz CT molecular complexity index is 279. The highest BCUT2D eigenvalue weighted by molar-refractivity contribution is 7.11. The van der Waals surface area contributed by atoms with Crippen LogP contribution in [0.2, 0.25) is 0 Å². The van der Waals surface area contributed by atoms with Crippen LogP contribution in [0.4, 0.5) is 0 Å². The maximum Gasteiger partial charge on any atom is 0.107 e. The number of aliphatic hydroxyl groups excluding tert-OH is 1. The number of nitrogens with one attached hydrogen (secondary N) is 1. The number of hydrogen-bond acceptors (Lipinski definition) is 4. The van der Waals surface area contributed by atoms with E-state index < -0.39 is 0 Å². The van der Waals surface area contributed by atoms with E-state index in [2.05, 4.69) is 24.1 Å². The molecule has 0 saturated heterocycles. The lowest BCUT2D eigenvalue weighted by Gasteiger charge is -2.11. The van der Waals surface area contributed by atoms with Crippen LogP contribution >= 0.6 is 11.3 Å². The summed E-state index contributed by atoms with van der Waals surface area (Å²) in [5, 5.41) is 13.3. The molecule has 1 aromatic heterocycles. The van der Waals surface area contributed by atoms with Gasteiger partial charge in [-0.2, -0.15) is 0 Å². The average Bonchev–Trinajstić information content (AvgIpc) is 2.52. The second-order valence-electron chi connectivity index (χ2n) is 3.90. The van der Waals surface area contributed by atoms with Crippen LogP contribution in [-0.4, -0.2) is 22.7 Å². The largest absolute Gasteiger partial charge is 0.396 e. The van der Waals surface area contributed by atoms with Gasteiger partial charge in [0, 0.05) is 24.1 Å². The molecular formula is C11H20N2OS. The summed E-state index contributed by atoms with van der Waals surface area (Å²) < 4.78 is 0. The Morgan fingerprint density at radius 2 is 2.20 bits per heavy atom. The lowest BCUT2D eigenvalue weighted by Crippen LogP contribution is -2.25. The number of rotatable bonds is 6. The van der Waals surface area contributed by atoms with Crippen molar-refractivity contribution in [3.8, 4) is 0 Å². The summed E-state index contributed by atoms with van der Waals surface area (Å²) in [4.78, 5) is 5.77. The Morgan fingerprint density at radius 1 is 1.47 bits per heavy atom. The maximum absolute atomic E-state index is 8.70. The standard InChI is InChI=1S/C11H20N2OS/c1-8(5-4-6-14)12-7-11-13-9(2)10(3)15-11/h8,12,14H,4-7H2,1-3H3. The topological polar surface area (TPSA) is 45.2 Å². The first kappa shape index (κ1) is 12.6. The van der Waals surface area contributed by atoms with Crippen LogP contribution in [0.25, 0.3) is 0 Å². The molecule has 0 fully saturated rings. The Morgan fingerprint density at radius 3 is 2.73 bits per heavy atom. The second-order valence-corrected chi connectivity index (χ2v) is 5.18. The van der Waals surface area contributed by atoms with Crippen LogP contribution < -0.4 is 5.32 Å². The molecule has 0 aliphatic heterocycles. The van der Waals surface area contributed by atoms with E-state index in [-0.39, 0.29) is 6.61 Å². The molecule has 0 aromatic carbocycles. The molecule has 1 atom stereocenters. The average molecular weight is 228 g/mol. The summed E-state index contributed by atoms with van der Waals surface area (Å²) in [5.41, 5.74) is 1.14. The van der Waals surface area contributed by atoms with Gasteiger partial charge in [-0.05, 0) is 33.6 Å². The van der Waals surface area contributed by atoms with Crippen LogP contribution in [0.5, 0.6) is 0 Å². The van der Waals surface area contributed by atoms with Gasteiger partial charge in [0.25, 0.3) is 0 Å². The zero-order chi connectivity index (χ0) is 11.3. The molecular weight excluding hydrogens is 208 g/mol. The first-order valence-corrected chi connectivity index (χ1v) is 6.22. The molecule has 0 saturated carbocycles. The van der Waals surface area contributed by atoms with Crippen molar-refractivity contribution in [2.75, 3.05) is 6.61 Å². The van der Waals surface area contributed by atoms with E-state index in [1.807, 2.05) is 6.92 Å². The van der Waals surface area contributed by atoms with Crippen molar-refractivity contribution in [3.63, 3.8) is 0 Å². The van der Waals surface area contributed by atoms with Crippen LogP contribution in [0.1, 0.15) is 35.3 Å². The van der Waals surface area contributed by atoms with Gasteiger partial charge in [-0.15, -0.1) is 11.3 Å². The molecule has 0 aliphatic rings. The Labute approximate surface area is 95.6 Å². The maximum atomic E-state index is 8.70. The zero-order valence-corrected chi connectivity index (χ0v) is 10.5. The van der Waals surface area contributed by atoms with Gasteiger partial charge in [-0.1, -0.05) is 0 Å². The molecule has 1 heterocycles. The van der Waals surface area contributed by atoms with Crippen molar-refractivity contribution in [2.24, 2.45) is 0 Å². The van der Waals surface area contributed by atoms with Gasteiger partial charge < -0.3 is 10.4 Å². The molecule has 1 unspecified atom stereocenters. The molecule has 0 spiro atoms. The van der Waals surface area contributed by atoms with E-state index in [1.54, 1.807) is 11.3 Å². The van der Waals surface area contributed by atoms with Gasteiger partial charge >= 0.3 is 0 Å². The van der Waals surface area contributed by atoms with Crippen molar-refractivity contribution in [1.82, 2.24) is 10.3 Å². The van der Waals surface area contributed by atoms with Crippen molar-refractivity contribution in [3.05, 3.63) is 15.6 Å². The van der Waals surface area contributed by atoms with E-state index >= 15 is 0 Å². The van der Waals surface area contributed by atoms with Gasteiger partial charge in [-0.3, -0.25) is 0 Å². The molecule has 0 radical (unpaired) electrons. The Balaban J connectivity index is 2.30. The van der Waals surface area contributed by atoms with Gasteiger partial charge in [0.05, 0.1) is 5.69 Å². The summed E-state index contributed by atoms with van der Waals surface area (Å²) in [7, 11) is 0. The highest BCUT2D eigenvalue weighted by atomic mass is 32.1. The van der Waals surface area contributed by atoms with Crippen LogP contribution in [-0.2, 0) is 6.54 Å². The van der Waals surface area contributed by atoms with Gasteiger partial charge in [0.15, 0.2) is 0 Å². The Kier molecular flexibility index (Phi) is 5.22. The first-order chi connectivity index (χ1) is 7.13. The number of hydrogen-bond donors (Lipinski definition) is 2. The molecule has 3 nitrogen and oxygen atoms in total. The van der Waals surface area contributed by atoms with E-state index in [0.29, 0.717) is 6.04 Å². The number of aromatic nitrogens is 1. The lowest BCUT2D eigenvalue weighted by molar-refractivity contribution is 0.276. The predicted octanol–water partition coefficient (Wildman–Crippen LogP) is 2.01. The molecule has 2 N–H and O–H groups in total. The normalized spacial score (nSPS) is 13.1. The smallest absolute Gasteiger partial charge is 0.107 e. The molecule has 0 aliphatic carbocycles. The fourth-order valence-electron chi connectivity index (χ4n) is 1.38. The summed E-state index contributed by atoms with van der Waals surface area (Å²) >= 11 is 1.76. The molecule has 0 amide bonds. The van der Waals surface area contributed by atoms with Crippen LogP contribution in [0, 0.1) is 13.8 Å². The van der Waals surface area contributed by atoms with Crippen molar-refractivity contribution in [1.29, 1.82) is 0 Å². The number of thiazole rings is 1. The summed E-state index contributed by atoms with van der Waals surface area (Å²) in [6.45, 7) is 7.41. The highest BCUT2D eigenvalue weighted by Gasteiger charge is 2.05. The second kappa shape index (κ2) is 6.20. The van der Waals surface area contributed by atoms with E-state index in [4.69, 9.17) is 5.11 Å². The third-order valence-electron chi connectivity index (χ3n) is 2.47. The fraction of sp³-hybridized carbons (Fsp3) is 0.727. The fourth-order valence-corrected chi connectivity index (χ4v) is 2.26. The summed E-state index contributed by atoms with van der Waals surface area (Å²) in [6, 6.07) is 0.446. The lowest BCUT2D eigenvalue weighted by atomic mass is 10.2. The number of aliphatic hydroxyl groups is 1. The molecule has 4 heteroatoms. The molecule has 86 valence electrons. The molecule has 0 bridgehead atoms. The number of nitrogens with zero attached hydrogens (tertiary/aromatic N) is 1. The predicted molar refractivity (Wildman–Crippen MR) is 64.2 cm³/mol. The quantitative estimate of drug-likeness (QED) is 0.783. The van der Waals surface area contributed by atoms with Gasteiger partial charge in [-0.25, -0.2) is 4.98 Å². The van der Waals surface area contributed by atoms with Crippen molar-refractivity contribution in [2.45, 2.75) is 46.2 Å². The van der Waals surface area contributed by atoms with E-state index in [9.17, 15) is 0 Å². The first-order valence-electron chi connectivity index (χ1n) is 5.40. The minimum Gasteiger partial charge on any atom is -0.396 e. The third-order valence-corrected chi connectivity index (χ3v) is 3.54. The zero-order valence-electron chi connectivity index (χ0n) is 9.71. The van der Waals surface area contributed by atoms with Crippen molar-refractivity contribution >= 4 is 11.3 Å². The van der Waals surface area contributed by atoms with Crippen molar-refractivity contribution < 1.29 is 5.11 Å². The summed E-state index contributed by atoms with van der Waals surface area (Å²) in [5.74, 6) is 0. The monoisotopic (exact) mass is 228 g/mol. The van der Waals surface area contributed by atoms with Gasteiger partial charge in [0.2, 0.25) is 0 Å². The van der Waals surface area contributed by atoms with E-state index in [1.165, 1.54) is 4.88 Å². The molecule has 15 heavy (non-hydrogen) atoms. The van der Waals surface area contributed by atoms with Gasteiger partial charge in [0.1, 0.15) is 5.01 Å². The minimum absolute atomic E-state index is 0.279. The minimum atomic E-state index is 0.279. The van der Waals surface area contributed by atoms with Crippen LogP contribution in [0.15, 0.2) is 0 Å². The number of aryl methyl sites for hydroxylation is 2.